The number of amides is 1. The van der Waals surface area contributed by atoms with E-state index in [1.807, 2.05) is 0 Å². The summed E-state index contributed by atoms with van der Waals surface area (Å²) in [6, 6.07) is 0. The van der Waals surface area contributed by atoms with Gasteiger partial charge in [0, 0.05) is 0 Å². The second-order valence-corrected chi connectivity index (χ2v) is 3.51. The normalized spacial score (nSPS) is 17.9. The zero-order valence-electron chi connectivity index (χ0n) is 6.86. The molecular weight excluding hydrogens is 212 g/mol. The maximum atomic E-state index is 11.0. The molecule has 1 heterocycles. The van der Waals surface area contributed by atoms with Gasteiger partial charge in [0.25, 0.3) is 0 Å². The molecular formula is C6H10N2O3S2. The lowest BCUT2D eigenvalue weighted by molar-refractivity contribution is -0.144. The molecule has 0 unspecified atom stereocenters. The molecule has 1 fully saturated rings. The lowest BCUT2D eigenvalue weighted by atomic mass is 10.5. The van der Waals surface area contributed by atoms with E-state index in [1.165, 1.54) is 5.06 Å². The molecule has 1 aliphatic rings. The fourth-order valence-electron chi connectivity index (χ4n) is 0.865. The number of rotatable bonds is 1. The first-order chi connectivity index (χ1) is 6.18. The van der Waals surface area contributed by atoms with Crippen LogP contribution in [0.15, 0.2) is 0 Å². The molecule has 5 nitrogen and oxygen atoms in total. The van der Waals surface area contributed by atoms with Crippen LogP contribution < -0.4 is 5.32 Å². The van der Waals surface area contributed by atoms with E-state index in [0.717, 1.165) is 0 Å². The van der Waals surface area contributed by atoms with Crippen molar-refractivity contribution >= 4 is 35.3 Å². The third-order valence-corrected chi connectivity index (χ3v) is 1.60. The minimum atomic E-state index is -0.609. The first kappa shape index (κ1) is 10.7. The highest BCUT2D eigenvalue weighted by atomic mass is 32.1. The summed E-state index contributed by atoms with van der Waals surface area (Å²) < 4.78 is 5.16. The molecule has 0 bridgehead atoms. The van der Waals surface area contributed by atoms with Crippen LogP contribution in [0.1, 0.15) is 0 Å². The monoisotopic (exact) mass is 222 g/mol. The van der Waals surface area contributed by atoms with Crippen molar-refractivity contribution in [3.05, 3.63) is 0 Å². The fourth-order valence-corrected chi connectivity index (χ4v) is 1.04. The molecule has 0 spiro atoms. The number of hydrogen-bond donors (Lipinski definition) is 2. The predicted octanol–water partition coefficient (Wildman–Crippen LogP) is 0.175. The Morgan fingerprint density at radius 2 is 2.15 bits per heavy atom. The number of thiocarbonyl (C=S) groups is 1. The number of nitrogens with zero attached hydrogens (tertiary/aromatic N) is 1. The van der Waals surface area contributed by atoms with Gasteiger partial charge in [-0.25, -0.2) is 4.79 Å². The van der Waals surface area contributed by atoms with Crippen LogP contribution in [0.4, 0.5) is 4.79 Å². The number of hydroxylamine groups is 2. The van der Waals surface area contributed by atoms with Gasteiger partial charge in [0.05, 0.1) is 26.3 Å². The molecule has 13 heavy (non-hydrogen) atoms. The highest BCUT2D eigenvalue weighted by Gasteiger charge is 2.15. The standard InChI is InChI=1S/C6H10N2O3S2/c9-5(7-6(12)13)11-8-1-3-10-4-2-8/h1-4H2,(H2,7,9,12,13). The van der Waals surface area contributed by atoms with Gasteiger partial charge in [-0.1, -0.05) is 12.2 Å². The highest BCUT2D eigenvalue weighted by molar-refractivity contribution is 8.11. The number of nitrogens with one attached hydrogen (secondary N) is 1. The summed E-state index contributed by atoms with van der Waals surface area (Å²) >= 11 is 8.28. The Bertz CT molecular complexity index is 206. The maximum Gasteiger partial charge on any atom is 0.431 e. The molecule has 1 rings (SSSR count). The molecule has 1 aliphatic heterocycles. The van der Waals surface area contributed by atoms with Gasteiger partial charge in [-0.15, -0.1) is 17.7 Å². The summed E-state index contributed by atoms with van der Waals surface area (Å²) in [6.45, 7) is 2.29. The van der Waals surface area contributed by atoms with E-state index in [9.17, 15) is 4.79 Å². The Hall–Kier alpha value is -0.370. The van der Waals surface area contributed by atoms with Gasteiger partial charge in [-0.3, -0.25) is 5.32 Å². The largest absolute Gasteiger partial charge is 0.431 e. The smallest absolute Gasteiger partial charge is 0.379 e. The average Bonchev–Trinajstić information content (AvgIpc) is 2.04. The number of ether oxygens (including phenoxy) is 1. The van der Waals surface area contributed by atoms with Crippen molar-refractivity contribution in [1.29, 1.82) is 0 Å². The Balaban J connectivity index is 2.22. The summed E-state index contributed by atoms with van der Waals surface area (Å²) in [4.78, 5) is 15.8. The minimum Gasteiger partial charge on any atom is -0.379 e. The van der Waals surface area contributed by atoms with Gasteiger partial charge < -0.3 is 9.57 Å². The highest BCUT2D eigenvalue weighted by Crippen LogP contribution is 1.97. The zero-order chi connectivity index (χ0) is 9.68. The van der Waals surface area contributed by atoms with Crippen LogP contribution in [0, 0.1) is 0 Å². The van der Waals surface area contributed by atoms with Gasteiger partial charge in [0.1, 0.15) is 4.32 Å². The summed E-state index contributed by atoms with van der Waals surface area (Å²) in [5.41, 5.74) is 0. The van der Waals surface area contributed by atoms with Crippen LogP contribution in [0.25, 0.3) is 0 Å². The summed E-state index contributed by atoms with van der Waals surface area (Å²) in [6.07, 6.45) is -0.609. The Labute approximate surface area is 86.7 Å². The summed E-state index contributed by atoms with van der Waals surface area (Å²) in [5, 5.41) is 3.76. The summed E-state index contributed by atoms with van der Waals surface area (Å²) in [7, 11) is 0. The first-order valence-electron chi connectivity index (χ1n) is 3.73. The van der Waals surface area contributed by atoms with Gasteiger partial charge >= 0.3 is 6.09 Å². The average molecular weight is 222 g/mol. The van der Waals surface area contributed by atoms with Crippen molar-refractivity contribution in [2.45, 2.75) is 0 Å². The molecule has 0 aromatic rings. The van der Waals surface area contributed by atoms with Gasteiger partial charge in [-0.05, 0) is 0 Å². The van der Waals surface area contributed by atoms with Crippen LogP contribution in [-0.4, -0.2) is 41.8 Å². The fraction of sp³-hybridized carbons (Fsp3) is 0.667. The Morgan fingerprint density at radius 1 is 1.54 bits per heavy atom. The van der Waals surface area contributed by atoms with E-state index in [2.05, 4.69) is 30.2 Å². The first-order valence-corrected chi connectivity index (χ1v) is 4.58. The topological polar surface area (TPSA) is 50.8 Å². The molecule has 0 aromatic carbocycles. The third kappa shape index (κ3) is 4.41. The number of carbonyl (C=O) groups is 1. The molecule has 7 heteroatoms. The van der Waals surface area contributed by atoms with Gasteiger partial charge in [-0.2, -0.15) is 0 Å². The summed E-state index contributed by atoms with van der Waals surface area (Å²) in [5.74, 6) is 0. The van der Waals surface area contributed by atoms with Crippen LogP contribution in [0.2, 0.25) is 0 Å². The lowest BCUT2D eigenvalue weighted by Crippen LogP contribution is -2.41. The van der Waals surface area contributed by atoms with E-state index >= 15 is 0 Å². The molecule has 1 N–H and O–H groups in total. The second kappa shape index (κ2) is 5.38. The SMILES string of the molecule is O=C(NC(=S)S)ON1CCOCC1. The van der Waals surface area contributed by atoms with Crippen molar-refractivity contribution < 1.29 is 14.4 Å². The van der Waals surface area contributed by atoms with Crippen LogP contribution >= 0.6 is 24.8 Å². The molecule has 1 amide bonds. The van der Waals surface area contributed by atoms with Gasteiger partial charge in [0.15, 0.2) is 0 Å². The van der Waals surface area contributed by atoms with Crippen LogP contribution in [0.3, 0.4) is 0 Å². The predicted molar refractivity (Wildman–Crippen MR) is 53.6 cm³/mol. The van der Waals surface area contributed by atoms with E-state index in [4.69, 9.17) is 9.57 Å². The van der Waals surface area contributed by atoms with E-state index < -0.39 is 6.09 Å². The quantitative estimate of drug-likeness (QED) is 0.489. The zero-order valence-corrected chi connectivity index (χ0v) is 8.57. The van der Waals surface area contributed by atoms with Crippen molar-refractivity contribution in [2.24, 2.45) is 0 Å². The maximum absolute atomic E-state index is 11.0. The molecule has 74 valence electrons. The molecule has 0 radical (unpaired) electrons. The Kier molecular flexibility index (Phi) is 4.43. The van der Waals surface area contributed by atoms with Crippen LogP contribution in [-0.2, 0) is 9.57 Å². The minimum absolute atomic E-state index is 0.0956. The molecule has 1 saturated heterocycles. The van der Waals surface area contributed by atoms with Crippen LogP contribution in [0.5, 0.6) is 0 Å². The number of morpholine rings is 1. The molecule has 0 aliphatic carbocycles. The van der Waals surface area contributed by atoms with E-state index in [0.29, 0.717) is 26.3 Å². The van der Waals surface area contributed by atoms with Gasteiger partial charge in [0.2, 0.25) is 0 Å². The molecule has 0 saturated carbocycles. The van der Waals surface area contributed by atoms with Crippen molar-refractivity contribution in [3.63, 3.8) is 0 Å². The molecule has 0 aromatic heterocycles. The number of thiol groups is 1. The van der Waals surface area contributed by atoms with Crippen molar-refractivity contribution in [3.8, 4) is 0 Å². The second-order valence-electron chi connectivity index (χ2n) is 2.35. The number of hydrogen-bond acceptors (Lipinski definition) is 5. The molecule has 0 atom stereocenters. The van der Waals surface area contributed by atoms with E-state index in [-0.39, 0.29) is 4.32 Å². The van der Waals surface area contributed by atoms with Crippen molar-refractivity contribution in [2.75, 3.05) is 26.3 Å². The lowest BCUT2D eigenvalue weighted by Gasteiger charge is -2.24. The third-order valence-electron chi connectivity index (χ3n) is 1.39. The Morgan fingerprint density at radius 3 is 2.69 bits per heavy atom. The number of carbonyl (C=O) groups excluding carboxylic acids is 1. The van der Waals surface area contributed by atoms with E-state index in [1.54, 1.807) is 0 Å². The van der Waals surface area contributed by atoms with Crippen molar-refractivity contribution in [1.82, 2.24) is 10.4 Å².